The maximum absolute atomic E-state index is 12.2. The molecule has 1 aliphatic rings. The van der Waals surface area contributed by atoms with Crippen molar-refractivity contribution in [3.8, 4) is 0 Å². The van der Waals surface area contributed by atoms with Gasteiger partial charge >= 0.3 is 5.97 Å². The Morgan fingerprint density at radius 3 is 2.75 bits per heavy atom. The van der Waals surface area contributed by atoms with Gasteiger partial charge in [-0.3, -0.25) is 9.59 Å². The fraction of sp³-hybridized carbons (Fsp3) is 0.818. The lowest BCUT2D eigenvalue weighted by molar-refractivity contribution is -0.140. The van der Waals surface area contributed by atoms with Crippen LogP contribution in [0.4, 0.5) is 0 Å². The Labute approximate surface area is 118 Å². The first kappa shape index (κ1) is 16.9. The van der Waals surface area contributed by atoms with Crippen LogP contribution in [0.3, 0.4) is 0 Å². The Morgan fingerprint density at radius 2 is 2.15 bits per heavy atom. The highest BCUT2D eigenvalue weighted by Gasteiger charge is 2.36. The van der Waals surface area contributed by atoms with E-state index in [1.807, 2.05) is 0 Å². The molecule has 0 aromatic rings. The summed E-state index contributed by atoms with van der Waals surface area (Å²) in [6, 6.07) is -0.772. The van der Waals surface area contributed by atoms with E-state index in [4.69, 9.17) is 0 Å². The number of nitrogens with zero attached hydrogens (tertiary/aromatic N) is 1. The Hall–Kier alpha value is -1.19. The number of ether oxygens (including phenoxy) is 1. The zero-order chi connectivity index (χ0) is 15.2. The predicted molar refractivity (Wildman–Crippen MR) is 72.5 cm³/mol. The van der Waals surface area contributed by atoms with Crippen molar-refractivity contribution in [2.24, 2.45) is 0 Å². The Bertz CT molecular complexity index is 451. The summed E-state index contributed by atoms with van der Waals surface area (Å²) in [7, 11) is -2.46. The monoisotopic (exact) mass is 307 g/mol. The van der Waals surface area contributed by atoms with Crippen molar-refractivity contribution in [2.75, 3.05) is 39.0 Å². The number of hydrogen-bond acceptors (Lipinski definition) is 6. The topological polar surface area (TPSA) is 105 Å². The normalized spacial score (nSPS) is 20.4. The largest absolute Gasteiger partial charge is 0.469 e. The second kappa shape index (κ2) is 7.55. The van der Waals surface area contributed by atoms with E-state index in [1.165, 1.54) is 7.11 Å². The molecule has 116 valence electrons. The van der Waals surface area contributed by atoms with Gasteiger partial charge in [0.15, 0.2) is 0 Å². The minimum atomic E-state index is -3.67. The van der Waals surface area contributed by atoms with Crippen molar-refractivity contribution in [2.45, 2.75) is 19.4 Å². The van der Waals surface area contributed by atoms with E-state index >= 15 is 0 Å². The third-order valence-electron chi connectivity index (χ3n) is 3.00. The number of nitrogens with one attached hydrogen (secondary N) is 2. The van der Waals surface area contributed by atoms with E-state index in [1.54, 1.807) is 6.92 Å². The van der Waals surface area contributed by atoms with Gasteiger partial charge in [-0.1, -0.05) is 0 Å². The van der Waals surface area contributed by atoms with Crippen LogP contribution >= 0.6 is 0 Å². The summed E-state index contributed by atoms with van der Waals surface area (Å²) in [5.74, 6) is -1.27. The molecule has 0 aromatic carbocycles. The van der Waals surface area contributed by atoms with Gasteiger partial charge in [0.1, 0.15) is 6.04 Å². The van der Waals surface area contributed by atoms with Gasteiger partial charge in [0.05, 0.1) is 19.3 Å². The van der Waals surface area contributed by atoms with Crippen LogP contribution in [0.15, 0.2) is 0 Å². The average Bonchev–Trinajstić information content (AvgIpc) is 2.45. The van der Waals surface area contributed by atoms with Gasteiger partial charge in [-0.2, -0.15) is 4.31 Å². The van der Waals surface area contributed by atoms with Crippen molar-refractivity contribution in [3.63, 3.8) is 0 Å². The molecule has 1 heterocycles. The number of hydrogen-bond donors (Lipinski definition) is 2. The molecule has 20 heavy (non-hydrogen) atoms. The van der Waals surface area contributed by atoms with Crippen LogP contribution in [0.25, 0.3) is 0 Å². The standard InChI is InChI=1S/C11H21N3O5S/c1-3-13-11(16)9-8-12-5-6-14(9)20(17,18)7-4-10(15)19-2/h9,12H,3-8H2,1-2H3,(H,13,16). The van der Waals surface area contributed by atoms with Crippen molar-refractivity contribution in [1.29, 1.82) is 0 Å². The summed E-state index contributed by atoms with van der Waals surface area (Å²) in [6.45, 7) is 3.16. The molecular formula is C11H21N3O5S. The molecule has 1 amide bonds. The van der Waals surface area contributed by atoms with Crippen molar-refractivity contribution >= 4 is 21.9 Å². The summed E-state index contributed by atoms with van der Waals surface area (Å²) < 4.78 is 30.1. The quantitative estimate of drug-likeness (QED) is 0.566. The third kappa shape index (κ3) is 4.43. The molecule has 0 aliphatic carbocycles. The molecule has 0 bridgehead atoms. The first-order valence-electron chi connectivity index (χ1n) is 6.47. The van der Waals surface area contributed by atoms with E-state index in [2.05, 4.69) is 15.4 Å². The number of sulfonamides is 1. The zero-order valence-electron chi connectivity index (χ0n) is 11.7. The van der Waals surface area contributed by atoms with Crippen molar-refractivity contribution < 1.29 is 22.7 Å². The van der Waals surface area contributed by atoms with Gasteiger partial charge in [0.25, 0.3) is 0 Å². The van der Waals surface area contributed by atoms with Crippen LogP contribution in [-0.2, 0) is 24.3 Å². The molecule has 1 fully saturated rings. The van der Waals surface area contributed by atoms with Gasteiger partial charge in [-0.15, -0.1) is 0 Å². The number of amides is 1. The number of piperazine rings is 1. The Balaban J connectivity index is 2.77. The van der Waals surface area contributed by atoms with Crippen LogP contribution in [0.5, 0.6) is 0 Å². The highest BCUT2D eigenvalue weighted by atomic mass is 32.2. The SMILES string of the molecule is CCNC(=O)C1CNCCN1S(=O)(=O)CCC(=O)OC. The molecule has 8 nitrogen and oxygen atoms in total. The van der Waals surface area contributed by atoms with Gasteiger partial charge in [-0.05, 0) is 6.92 Å². The second-order valence-electron chi connectivity index (χ2n) is 4.37. The van der Waals surface area contributed by atoms with Crippen LogP contribution in [-0.4, -0.2) is 69.7 Å². The van der Waals surface area contributed by atoms with Crippen LogP contribution < -0.4 is 10.6 Å². The lowest BCUT2D eigenvalue weighted by Crippen LogP contribution is -2.59. The number of methoxy groups -OCH3 is 1. The van der Waals surface area contributed by atoms with Gasteiger partial charge < -0.3 is 15.4 Å². The van der Waals surface area contributed by atoms with Gasteiger partial charge in [0.2, 0.25) is 15.9 Å². The van der Waals surface area contributed by atoms with E-state index in [0.717, 1.165) is 4.31 Å². The fourth-order valence-electron chi connectivity index (χ4n) is 1.97. The van der Waals surface area contributed by atoms with Crippen LogP contribution in [0, 0.1) is 0 Å². The summed E-state index contributed by atoms with van der Waals surface area (Å²) in [4.78, 5) is 23.0. The molecular weight excluding hydrogens is 286 g/mol. The van der Waals surface area contributed by atoms with Crippen molar-refractivity contribution in [3.05, 3.63) is 0 Å². The highest BCUT2D eigenvalue weighted by molar-refractivity contribution is 7.89. The molecule has 1 saturated heterocycles. The van der Waals surface area contributed by atoms with Crippen LogP contribution in [0.2, 0.25) is 0 Å². The number of carbonyl (C=O) groups is 2. The molecule has 2 N–H and O–H groups in total. The first-order chi connectivity index (χ1) is 9.42. The smallest absolute Gasteiger partial charge is 0.306 e. The molecule has 1 rings (SSSR count). The predicted octanol–water partition coefficient (Wildman–Crippen LogP) is -1.71. The van der Waals surface area contributed by atoms with Crippen molar-refractivity contribution in [1.82, 2.24) is 14.9 Å². The Morgan fingerprint density at radius 1 is 1.45 bits per heavy atom. The van der Waals surface area contributed by atoms with E-state index in [9.17, 15) is 18.0 Å². The van der Waals surface area contributed by atoms with Gasteiger partial charge in [-0.25, -0.2) is 8.42 Å². The third-order valence-corrected chi connectivity index (χ3v) is 4.87. The first-order valence-corrected chi connectivity index (χ1v) is 8.08. The lowest BCUT2D eigenvalue weighted by atomic mass is 10.2. The molecule has 9 heteroatoms. The molecule has 0 spiro atoms. The summed E-state index contributed by atoms with van der Waals surface area (Å²) >= 11 is 0. The number of rotatable bonds is 6. The van der Waals surface area contributed by atoms with E-state index in [-0.39, 0.29) is 31.2 Å². The lowest BCUT2D eigenvalue weighted by Gasteiger charge is -2.34. The average molecular weight is 307 g/mol. The molecule has 1 aliphatic heterocycles. The van der Waals surface area contributed by atoms with Gasteiger partial charge in [0, 0.05) is 26.2 Å². The maximum atomic E-state index is 12.2. The fourth-order valence-corrected chi connectivity index (χ4v) is 3.55. The summed E-state index contributed by atoms with van der Waals surface area (Å²) in [5, 5.41) is 5.61. The molecule has 1 unspecified atom stereocenters. The Kier molecular flexibility index (Phi) is 6.37. The molecule has 1 atom stereocenters. The number of carbonyl (C=O) groups excluding carboxylic acids is 2. The highest BCUT2D eigenvalue weighted by Crippen LogP contribution is 2.12. The number of likely N-dealkylation sites (N-methyl/N-ethyl adjacent to an activating group) is 1. The molecule has 0 aromatic heterocycles. The number of esters is 1. The second-order valence-corrected chi connectivity index (χ2v) is 6.41. The minimum Gasteiger partial charge on any atom is -0.469 e. The minimum absolute atomic E-state index is 0.214. The van der Waals surface area contributed by atoms with E-state index < -0.39 is 22.0 Å². The maximum Gasteiger partial charge on any atom is 0.306 e. The van der Waals surface area contributed by atoms with E-state index in [0.29, 0.717) is 13.1 Å². The molecule has 0 radical (unpaired) electrons. The summed E-state index contributed by atoms with van der Waals surface area (Å²) in [6.07, 6.45) is -0.217. The molecule has 0 saturated carbocycles. The summed E-state index contributed by atoms with van der Waals surface area (Å²) in [5.41, 5.74) is 0. The zero-order valence-corrected chi connectivity index (χ0v) is 12.5. The van der Waals surface area contributed by atoms with Crippen LogP contribution in [0.1, 0.15) is 13.3 Å².